The van der Waals surface area contributed by atoms with Crippen molar-refractivity contribution >= 4 is 33.3 Å². The zero-order chi connectivity index (χ0) is 14.4. The van der Waals surface area contributed by atoms with Gasteiger partial charge in [-0.3, -0.25) is 0 Å². The fourth-order valence-electron chi connectivity index (χ4n) is 1.75. The van der Waals surface area contributed by atoms with Crippen LogP contribution in [0.4, 0.5) is 17.3 Å². The summed E-state index contributed by atoms with van der Waals surface area (Å²) in [5.41, 5.74) is 6.46. The van der Waals surface area contributed by atoms with Crippen LogP contribution in [0.15, 0.2) is 34.8 Å². The minimum absolute atomic E-state index is 0.667. The number of benzene rings is 1. The molecule has 0 fully saturated rings. The van der Waals surface area contributed by atoms with Gasteiger partial charge in [0.2, 0.25) is 0 Å². The molecule has 0 aliphatic carbocycles. The van der Waals surface area contributed by atoms with Crippen molar-refractivity contribution in [3.8, 4) is 0 Å². The smallest absolute Gasteiger partial charge is 0.136 e. The minimum Gasteiger partial charge on any atom is -0.370 e. The molecule has 1 heterocycles. The maximum absolute atomic E-state index is 5.48. The summed E-state index contributed by atoms with van der Waals surface area (Å²) in [6.45, 7) is 3.35. The van der Waals surface area contributed by atoms with Crippen molar-refractivity contribution in [3.63, 3.8) is 0 Å². The normalized spacial score (nSPS) is 10.3. The van der Waals surface area contributed by atoms with E-state index in [1.54, 1.807) is 0 Å². The molecule has 0 spiro atoms. The maximum Gasteiger partial charge on any atom is 0.136 e. The van der Waals surface area contributed by atoms with Gasteiger partial charge in [0.15, 0.2) is 0 Å². The van der Waals surface area contributed by atoms with E-state index < -0.39 is 0 Å². The number of aromatic nitrogens is 2. The van der Waals surface area contributed by atoms with Crippen LogP contribution >= 0.6 is 15.9 Å². The molecule has 2 aromatic rings. The van der Waals surface area contributed by atoms with Crippen LogP contribution in [0.2, 0.25) is 0 Å². The predicted molar refractivity (Wildman–Crippen MR) is 86.4 cm³/mol. The van der Waals surface area contributed by atoms with E-state index in [4.69, 9.17) is 5.73 Å². The Hall–Kier alpha value is -1.66. The van der Waals surface area contributed by atoms with Crippen molar-refractivity contribution < 1.29 is 0 Å². The highest BCUT2D eigenvalue weighted by molar-refractivity contribution is 9.10. The molecule has 0 saturated carbocycles. The summed E-state index contributed by atoms with van der Waals surface area (Å²) in [5.74, 6) is 2.30. The zero-order valence-electron chi connectivity index (χ0n) is 11.4. The second kappa shape index (κ2) is 7.21. The number of nitrogens with two attached hydrogens (primary N) is 1. The third kappa shape index (κ3) is 4.47. The number of hydrogen-bond donors (Lipinski definition) is 3. The molecule has 1 aromatic carbocycles. The van der Waals surface area contributed by atoms with Crippen LogP contribution in [0.1, 0.15) is 12.2 Å². The summed E-state index contributed by atoms with van der Waals surface area (Å²) in [7, 11) is 0. The molecule has 0 atom stereocenters. The lowest BCUT2D eigenvalue weighted by Crippen LogP contribution is -2.10. The first-order valence-electron chi connectivity index (χ1n) is 6.49. The molecule has 0 aliphatic heterocycles. The van der Waals surface area contributed by atoms with Gasteiger partial charge in [0.05, 0.1) is 0 Å². The summed E-state index contributed by atoms with van der Waals surface area (Å²) < 4.78 is 1.02. The molecular formula is C14H18BrN5. The number of hydrogen-bond acceptors (Lipinski definition) is 5. The monoisotopic (exact) mass is 335 g/mol. The van der Waals surface area contributed by atoms with Crippen molar-refractivity contribution in [1.29, 1.82) is 0 Å². The Morgan fingerprint density at radius 1 is 1.20 bits per heavy atom. The Morgan fingerprint density at radius 3 is 2.75 bits per heavy atom. The second-order valence-electron chi connectivity index (χ2n) is 4.39. The van der Waals surface area contributed by atoms with Crippen LogP contribution in [0.3, 0.4) is 0 Å². The van der Waals surface area contributed by atoms with Crippen LogP contribution in [0.25, 0.3) is 0 Å². The van der Waals surface area contributed by atoms with Gasteiger partial charge in [-0.05, 0) is 38.1 Å². The van der Waals surface area contributed by atoms with E-state index in [0.29, 0.717) is 6.54 Å². The van der Waals surface area contributed by atoms with E-state index in [9.17, 15) is 0 Å². The number of nitrogens with one attached hydrogen (secondary N) is 2. The van der Waals surface area contributed by atoms with Crippen LogP contribution in [-0.4, -0.2) is 23.1 Å². The Balaban J connectivity index is 2.11. The maximum atomic E-state index is 5.48. The number of anilines is 3. The molecule has 5 nitrogen and oxygen atoms in total. The molecule has 2 rings (SSSR count). The van der Waals surface area contributed by atoms with Crippen molar-refractivity contribution in [2.75, 3.05) is 23.7 Å². The number of halogens is 1. The van der Waals surface area contributed by atoms with Crippen molar-refractivity contribution in [3.05, 3.63) is 40.6 Å². The van der Waals surface area contributed by atoms with Gasteiger partial charge in [-0.15, -0.1) is 0 Å². The third-order valence-corrected chi connectivity index (χ3v) is 3.12. The largest absolute Gasteiger partial charge is 0.370 e. The molecule has 0 amide bonds. The van der Waals surface area contributed by atoms with Gasteiger partial charge in [-0.2, -0.15) is 0 Å². The molecule has 0 aliphatic rings. The highest BCUT2D eigenvalue weighted by atomic mass is 79.9. The predicted octanol–water partition coefficient (Wildman–Crippen LogP) is 3.05. The Bertz CT molecular complexity index is 573. The minimum atomic E-state index is 0.667. The molecule has 0 saturated heterocycles. The summed E-state index contributed by atoms with van der Waals surface area (Å²) in [4.78, 5) is 8.74. The van der Waals surface area contributed by atoms with Gasteiger partial charge in [0.25, 0.3) is 0 Å². The summed E-state index contributed by atoms with van der Waals surface area (Å²) in [6, 6.07) is 9.84. The molecule has 4 N–H and O–H groups in total. The fourth-order valence-corrected chi connectivity index (χ4v) is 2.15. The second-order valence-corrected chi connectivity index (χ2v) is 5.31. The average Bonchev–Trinajstić information content (AvgIpc) is 2.38. The van der Waals surface area contributed by atoms with E-state index in [1.165, 1.54) is 0 Å². The lowest BCUT2D eigenvalue weighted by atomic mass is 10.3. The topological polar surface area (TPSA) is 75.9 Å². The first kappa shape index (κ1) is 14.7. The van der Waals surface area contributed by atoms with Crippen LogP contribution in [0.5, 0.6) is 0 Å². The van der Waals surface area contributed by atoms with Crippen molar-refractivity contribution in [2.24, 2.45) is 5.73 Å². The highest BCUT2D eigenvalue weighted by Gasteiger charge is 2.02. The highest BCUT2D eigenvalue weighted by Crippen LogP contribution is 2.20. The SMILES string of the molecule is Cc1nc(NCCCN)cc(Nc2cccc(Br)c2)n1. The quantitative estimate of drug-likeness (QED) is 0.707. The summed E-state index contributed by atoms with van der Waals surface area (Å²) in [6.07, 6.45) is 0.914. The molecule has 106 valence electrons. The van der Waals surface area contributed by atoms with E-state index in [-0.39, 0.29) is 0 Å². The third-order valence-electron chi connectivity index (χ3n) is 2.62. The van der Waals surface area contributed by atoms with Crippen LogP contribution < -0.4 is 16.4 Å². The van der Waals surface area contributed by atoms with Gasteiger partial charge in [0, 0.05) is 22.8 Å². The van der Waals surface area contributed by atoms with Crippen molar-refractivity contribution in [2.45, 2.75) is 13.3 Å². The van der Waals surface area contributed by atoms with Crippen molar-refractivity contribution in [1.82, 2.24) is 9.97 Å². The number of aryl methyl sites for hydroxylation is 1. The molecule has 0 unspecified atom stereocenters. The lowest BCUT2D eigenvalue weighted by Gasteiger charge is -2.10. The molecule has 0 bridgehead atoms. The van der Waals surface area contributed by atoms with Gasteiger partial charge < -0.3 is 16.4 Å². The standard InChI is InChI=1S/C14H18BrN5/c1-10-18-13(17-7-3-6-16)9-14(19-10)20-12-5-2-4-11(15)8-12/h2,4-5,8-9H,3,6-7,16H2,1H3,(H2,17,18,19,20). The van der Waals surface area contributed by atoms with E-state index in [2.05, 4.69) is 36.5 Å². The molecular weight excluding hydrogens is 318 g/mol. The first-order chi connectivity index (χ1) is 9.67. The Labute approximate surface area is 127 Å². The number of nitrogens with zero attached hydrogens (tertiary/aromatic N) is 2. The van der Waals surface area contributed by atoms with Gasteiger partial charge in [-0.1, -0.05) is 22.0 Å². The lowest BCUT2D eigenvalue weighted by molar-refractivity contribution is 0.867. The zero-order valence-corrected chi connectivity index (χ0v) is 12.9. The summed E-state index contributed by atoms with van der Waals surface area (Å²) in [5, 5.41) is 6.51. The van der Waals surface area contributed by atoms with E-state index in [0.717, 1.165) is 40.6 Å². The summed E-state index contributed by atoms with van der Waals surface area (Å²) >= 11 is 3.45. The molecule has 20 heavy (non-hydrogen) atoms. The fraction of sp³-hybridized carbons (Fsp3) is 0.286. The molecule has 6 heteroatoms. The average molecular weight is 336 g/mol. The van der Waals surface area contributed by atoms with Gasteiger partial charge in [0.1, 0.15) is 17.5 Å². The molecule has 1 aromatic heterocycles. The molecule has 0 radical (unpaired) electrons. The van der Waals surface area contributed by atoms with E-state index >= 15 is 0 Å². The van der Waals surface area contributed by atoms with Gasteiger partial charge in [-0.25, -0.2) is 9.97 Å². The van der Waals surface area contributed by atoms with Gasteiger partial charge >= 0.3 is 0 Å². The van der Waals surface area contributed by atoms with E-state index in [1.807, 2.05) is 37.3 Å². The Morgan fingerprint density at radius 2 is 2.00 bits per heavy atom. The first-order valence-corrected chi connectivity index (χ1v) is 7.29. The van der Waals surface area contributed by atoms with Crippen LogP contribution in [0, 0.1) is 6.92 Å². The Kier molecular flexibility index (Phi) is 5.31. The number of rotatable bonds is 6. The van der Waals surface area contributed by atoms with Crippen LogP contribution in [-0.2, 0) is 0 Å².